The summed E-state index contributed by atoms with van der Waals surface area (Å²) in [4.78, 5) is 13.0. The minimum Gasteiger partial charge on any atom is -0.352 e. The van der Waals surface area contributed by atoms with E-state index >= 15 is 0 Å². The van der Waals surface area contributed by atoms with Crippen molar-refractivity contribution in [2.75, 3.05) is 12.3 Å². The molecule has 0 aliphatic heterocycles. The highest BCUT2D eigenvalue weighted by Crippen LogP contribution is 2.17. The molecule has 2 aromatic rings. The van der Waals surface area contributed by atoms with Crippen molar-refractivity contribution >= 4 is 17.7 Å². The molecule has 104 valence electrons. The zero-order chi connectivity index (χ0) is 14.2. The van der Waals surface area contributed by atoms with Crippen LogP contribution in [0.1, 0.15) is 16.8 Å². The molecule has 4 heteroatoms. The minimum atomic E-state index is -0.483. The molecule has 0 aromatic heterocycles. The first-order valence-electron chi connectivity index (χ1n) is 6.48. The van der Waals surface area contributed by atoms with Crippen molar-refractivity contribution in [2.45, 2.75) is 11.3 Å². The van der Waals surface area contributed by atoms with E-state index in [9.17, 15) is 9.18 Å². The Hall–Kier alpha value is -1.81. The molecule has 0 radical (unpaired) electrons. The molecule has 0 bridgehead atoms. The van der Waals surface area contributed by atoms with Crippen LogP contribution in [0.5, 0.6) is 0 Å². The number of hydrogen-bond donors (Lipinski definition) is 1. The van der Waals surface area contributed by atoms with Gasteiger partial charge in [-0.2, -0.15) is 0 Å². The van der Waals surface area contributed by atoms with Crippen LogP contribution in [0.15, 0.2) is 59.5 Å². The van der Waals surface area contributed by atoms with E-state index in [4.69, 9.17) is 0 Å². The van der Waals surface area contributed by atoms with Gasteiger partial charge in [0.2, 0.25) is 0 Å². The summed E-state index contributed by atoms with van der Waals surface area (Å²) in [5, 5.41) is 2.73. The summed E-state index contributed by atoms with van der Waals surface area (Å²) < 4.78 is 13.4. The van der Waals surface area contributed by atoms with Gasteiger partial charge >= 0.3 is 0 Å². The molecular weight excluding hydrogens is 273 g/mol. The summed E-state index contributed by atoms with van der Waals surface area (Å²) in [5.74, 6) is 0.0816. The second-order valence-electron chi connectivity index (χ2n) is 4.25. The molecule has 1 N–H and O–H groups in total. The molecule has 0 spiro atoms. The van der Waals surface area contributed by atoms with Gasteiger partial charge in [0.25, 0.3) is 5.91 Å². The smallest absolute Gasteiger partial charge is 0.254 e. The van der Waals surface area contributed by atoms with E-state index in [1.807, 2.05) is 18.2 Å². The summed E-state index contributed by atoms with van der Waals surface area (Å²) >= 11 is 1.75. The third-order valence-corrected chi connectivity index (χ3v) is 3.84. The SMILES string of the molecule is O=C(NCCCSc1ccccc1)c1ccccc1F. The van der Waals surface area contributed by atoms with Crippen molar-refractivity contribution in [3.8, 4) is 0 Å². The van der Waals surface area contributed by atoms with E-state index in [1.165, 1.54) is 17.0 Å². The standard InChI is InChI=1S/C16H16FNOS/c17-15-10-5-4-9-14(15)16(19)18-11-6-12-20-13-7-2-1-3-8-13/h1-5,7-10H,6,11-12H2,(H,18,19). The maximum atomic E-state index is 13.4. The summed E-state index contributed by atoms with van der Waals surface area (Å²) in [6.45, 7) is 0.549. The first-order valence-corrected chi connectivity index (χ1v) is 7.46. The van der Waals surface area contributed by atoms with Crippen LogP contribution in [-0.2, 0) is 0 Å². The highest BCUT2D eigenvalue weighted by atomic mass is 32.2. The number of rotatable bonds is 6. The number of thioether (sulfide) groups is 1. The maximum absolute atomic E-state index is 13.4. The summed E-state index contributed by atoms with van der Waals surface area (Å²) in [6, 6.07) is 16.1. The molecule has 0 aliphatic carbocycles. The molecule has 1 amide bonds. The maximum Gasteiger partial charge on any atom is 0.254 e. The van der Waals surface area contributed by atoms with Crippen LogP contribution in [0.3, 0.4) is 0 Å². The van der Waals surface area contributed by atoms with Crippen LogP contribution in [0.4, 0.5) is 4.39 Å². The third kappa shape index (κ3) is 4.38. The van der Waals surface area contributed by atoms with Crippen LogP contribution in [0.25, 0.3) is 0 Å². The lowest BCUT2D eigenvalue weighted by atomic mass is 10.2. The Morgan fingerprint density at radius 2 is 1.75 bits per heavy atom. The van der Waals surface area contributed by atoms with Gasteiger partial charge in [0.1, 0.15) is 5.82 Å². The van der Waals surface area contributed by atoms with Crippen LogP contribution in [0.2, 0.25) is 0 Å². The molecule has 0 atom stereocenters. The second kappa shape index (κ2) is 7.70. The molecule has 0 aliphatic rings. The Bertz CT molecular complexity index is 559. The van der Waals surface area contributed by atoms with Gasteiger partial charge in [0, 0.05) is 11.4 Å². The fourth-order valence-electron chi connectivity index (χ4n) is 1.72. The number of amides is 1. The molecule has 0 heterocycles. The monoisotopic (exact) mass is 289 g/mol. The van der Waals surface area contributed by atoms with E-state index in [-0.39, 0.29) is 11.5 Å². The Balaban J connectivity index is 1.69. The number of hydrogen-bond acceptors (Lipinski definition) is 2. The quantitative estimate of drug-likeness (QED) is 0.648. The topological polar surface area (TPSA) is 29.1 Å². The van der Waals surface area contributed by atoms with E-state index in [0.29, 0.717) is 6.54 Å². The van der Waals surface area contributed by atoms with E-state index in [2.05, 4.69) is 17.4 Å². The normalized spacial score (nSPS) is 10.2. The first-order chi connectivity index (χ1) is 9.77. The highest BCUT2D eigenvalue weighted by Gasteiger charge is 2.09. The second-order valence-corrected chi connectivity index (χ2v) is 5.42. The Labute approximate surface area is 122 Å². The lowest BCUT2D eigenvalue weighted by molar-refractivity contribution is 0.0950. The van der Waals surface area contributed by atoms with E-state index in [0.717, 1.165) is 12.2 Å². The molecule has 2 aromatic carbocycles. The molecule has 0 saturated carbocycles. The Morgan fingerprint density at radius 3 is 2.50 bits per heavy atom. The Kier molecular flexibility index (Phi) is 5.62. The van der Waals surface area contributed by atoms with Gasteiger partial charge < -0.3 is 5.32 Å². The molecule has 0 saturated heterocycles. The lowest BCUT2D eigenvalue weighted by Gasteiger charge is -2.06. The first kappa shape index (κ1) is 14.6. The average Bonchev–Trinajstić information content (AvgIpc) is 2.48. The van der Waals surface area contributed by atoms with Crippen molar-refractivity contribution in [2.24, 2.45) is 0 Å². The van der Waals surface area contributed by atoms with Crippen molar-refractivity contribution in [1.82, 2.24) is 5.32 Å². The zero-order valence-electron chi connectivity index (χ0n) is 11.0. The fraction of sp³-hybridized carbons (Fsp3) is 0.188. The molecule has 0 fully saturated rings. The van der Waals surface area contributed by atoms with Crippen LogP contribution in [0, 0.1) is 5.82 Å². The molecule has 2 rings (SSSR count). The average molecular weight is 289 g/mol. The lowest BCUT2D eigenvalue weighted by Crippen LogP contribution is -2.25. The van der Waals surface area contributed by atoms with Gasteiger partial charge in [-0.1, -0.05) is 30.3 Å². The van der Waals surface area contributed by atoms with Crippen molar-refractivity contribution in [1.29, 1.82) is 0 Å². The number of nitrogens with one attached hydrogen (secondary N) is 1. The van der Waals surface area contributed by atoms with Gasteiger partial charge in [-0.05, 0) is 36.4 Å². The minimum absolute atomic E-state index is 0.100. The van der Waals surface area contributed by atoms with E-state index < -0.39 is 5.82 Å². The van der Waals surface area contributed by atoms with Crippen molar-refractivity contribution in [3.05, 3.63) is 66.0 Å². The van der Waals surface area contributed by atoms with Crippen LogP contribution >= 0.6 is 11.8 Å². The van der Waals surface area contributed by atoms with Gasteiger partial charge in [-0.3, -0.25) is 4.79 Å². The third-order valence-electron chi connectivity index (χ3n) is 2.74. The number of halogens is 1. The highest BCUT2D eigenvalue weighted by molar-refractivity contribution is 7.99. The summed E-state index contributed by atoms with van der Waals surface area (Å²) in [6.07, 6.45) is 0.847. The van der Waals surface area contributed by atoms with Gasteiger partial charge in [0.05, 0.1) is 5.56 Å². The predicted molar refractivity (Wildman–Crippen MR) is 80.5 cm³/mol. The fourth-order valence-corrected chi connectivity index (χ4v) is 2.60. The van der Waals surface area contributed by atoms with Gasteiger partial charge in [-0.25, -0.2) is 4.39 Å². The summed E-state index contributed by atoms with van der Waals surface area (Å²) in [5.41, 5.74) is 0.100. The van der Waals surface area contributed by atoms with Crippen LogP contribution in [-0.4, -0.2) is 18.2 Å². The predicted octanol–water partition coefficient (Wildman–Crippen LogP) is 3.74. The number of benzene rings is 2. The largest absolute Gasteiger partial charge is 0.352 e. The zero-order valence-corrected chi connectivity index (χ0v) is 11.8. The van der Waals surface area contributed by atoms with Gasteiger partial charge in [-0.15, -0.1) is 11.8 Å². The van der Waals surface area contributed by atoms with Crippen molar-refractivity contribution in [3.63, 3.8) is 0 Å². The molecular formula is C16H16FNOS. The van der Waals surface area contributed by atoms with Gasteiger partial charge in [0.15, 0.2) is 0 Å². The number of carbonyl (C=O) groups excluding carboxylic acids is 1. The Morgan fingerprint density at radius 1 is 1.05 bits per heavy atom. The number of carbonyl (C=O) groups is 1. The van der Waals surface area contributed by atoms with Crippen molar-refractivity contribution < 1.29 is 9.18 Å². The summed E-state index contributed by atoms with van der Waals surface area (Å²) in [7, 11) is 0. The molecule has 2 nitrogen and oxygen atoms in total. The van der Waals surface area contributed by atoms with Crippen LogP contribution < -0.4 is 5.32 Å². The van der Waals surface area contributed by atoms with E-state index in [1.54, 1.807) is 23.9 Å². The molecule has 0 unspecified atom stereocenters. The molecule has 20 heavy (non-hydrogen) atoms.